The summed E-state index contributed by atoms with van der Waals surface area (Å²) in [7, 11) is 2.48. The average molecular weight is 617 g/mol. The van der Waals surface area contributed by atoms with Gasteiger partial charge >= 0.3 is 18.0 Å². The van der Waals surface area contributed by atoms with E-state index in [2.05, 4.69) is 15.5 Å². The third-order valence-corrected chi connectivity index (χ3v) is 8.73. The van der Waals surface area contributed by atoms with E-state index in [1.165, 1.54) is 25.3 Å². The van der Waals surface area contributed by atoms with Gasteiger partial charge in [-0.1, -0.05) is 18.2 Å². The Bertz CT molecular complexity index is 1440. The standard InChI is InChI=1S/C31H35F3N4O6/c1-43-17-25-26(28(39)44-2)27(18-3-8-23(33)24(34)15-18)38(30(41)36-25)29(40)35-21-11-14-37(16-21)22-9-12-31(42,13-10-22)19-4-6-20(32)7-5-19/h3-8,15,21-22,27,42H,9-14,16-17H2,1-2H3,(H,35,40)(H,36,41). The van der Waals surface area contributed by atoms with Crippen LogP contribution in [0.25, 0.3) is 0 Å². The van der Waals surface area contributed by atoms with Crippen LogP contribution < -0.4 is 10.6 Å². The Morgan fingerprint density at radius 1 is 1.05 bits per heavy atom. The minimum absolute atomic E-state index is 0.00759. The Hall–Kier alpha value is -3.94. The van der Waals surface area contributed by atoms with Crippen molar-refractivity contribution in [1.29, 1.82) is 0 Å². The number of ether oxygens (including phenoxy) is 2. The van der Waals surface area contributed by atoms with Crippen molar-refractivity contribution in [3.63, 3.8) is 0 Å². The molecule has 0 bridgehead atoms. The van der Waals surface area contributed by atoms with E-state index in [0.29, 0.717) is 50.8 Å². The van der Waals surface area contributed by atoms with Gasteiger partial charge < -0.3 is 25.2 Å². The van der Waals surface area contributed by atoms with Crippen molar-refractivity contribution in [2.45, 2.75) is 55.8 Å². The maximum absolute atomic E-state index is 14.3. The first-order chi connectivity index (χ1) is 21.0. The van der Waals surface area contributed by atoms with Crippen molar-refractivity contribution in [2.75, 3.05) is 33.9 Å². The number of carbonyl (C=O) groups excluding carboxylic acids is 3. The van der Waals surface area contributed by atoms with Gasteiger partial charge in [0.25, 0.3) is 0 Å². The summed E-state index contributed by atoms with van der Waals surface area (Å²) in [5, 5.41) is 16.6. The first-order valence-corrected chi connectivity index (χ1v) is 14.4. The highest BCUT2D eigenvalue weighted by molar-refractivity contribution is 6.01. The number of imide groups is 1. The number of hydrogen-bond acceptors (Lipinski definition) is 7. The Morgan fingerprint density at radius 3 is 2.39 bits per heavy atom. The van der Waals surface area contributed by atoms with Gasteiger partial charge in [-0.2, -0.15) is 0 Å². The molecule has 2 aromatic rings. The molecule has 0 spiro atoms. The van der Waals surface area contributed by atoms with Crippen LogP contribution in [0.3, 0.4) is 0 Å². The first kappa shape index (κ1) is 31.5. The molecule has 0 radical (unpaired) electrons. The number of carbonyl (C=O) groups is 3. The number of esters is 1. The fraction of sp³-hybridized carbons (Fsp3) is 0.452. The maximum atomic E-state index is 14.3. The molecule has 2 aliphatic heterocycles. The Balaban J connectivity index is 1.31. The average Bonchev–Trinajstić information content (AvgIpc) is 3.46. The van der Waals surface area contributed by atoms with Gasteiger partial charge in [0.05, 0.1) is 30.6 Å². The fourth-order valence-corrected chi connectivity index (χ4v) is 6.45. The SMILES string of the molecule is COCC1=C(C(=O)OC)C(c2ccc(F)c(F)c2)N(C(=O)NC2CCN(C3CCC(O)(c4ccc(F)cc4)CC3)C2)C(=O)N1. The molecule has 236 valence electrons. The zero-order chi connectivity index (χ0) is 31.6. The smallest absolute Gasteiger partial charge is 0.338 e. The highest BCUT2D eigenvalue weighted by atomic mass is 19.2. The first-order valence-electron chi connectivity index (χ1n) is 14.4. The van der Waals surface area contributed by atoms with E-state index < -0.39 is 41.3 Å². The lowest BCUT2D eigenvalue weighted by molar-refractivity contribution is -0.137. The number of likely N-dealkylation sites (tertiary alicyclic amines) is 1. The summed E-state index contributed by atoms with van der Waals surface area (Å²) < 4.78 is 51.6. The van der Waals surface area contributed by atoms with Crippen molar-refractivity contribution in [3.8, 4) is 0 Å². The normalized spacial score (nSPS) is 26.0. The molecule has 2 unspecified atom stereocenters. The number of benzene rings is 2. The van der Waals surface area contributed by atoms with Crippen LogP contribution in [-0.4, -0.2) is 78.9 Å². The number of hydrogen-bond donors (Lipinski definition) is 3. The zero-order valence-corrected chi connectivity index (χ0v) is 24.4. The van der Waals surface area contributed by atoms with Gasteiger partial charge in [0.15, 0.2) is 11.6 Å². The molecule has 0 aromatic heterocycles. The molecule has 2 atom stereocenters. The van der Waals surface area contributed by atoms with Gasteiger partial charge in [-0.25, -0.2) is 32.5 Å². The molecular weight excluding hydrogens is 581 g/mol. The van der Waals surface area contributed by atoms with E-state index in [-0.39, 0.29) is 41.3 Å². The number of methoxy groups -OCH3 is 2. The molecule has 4 amide bonds. The lowest BCUT2D eigenvalue weighted by atomic mass is 9.77. The number of rotatable bonds is 7. The molecule has 2 fully saturated rings. The van der Waals surface area contributed by atoms with Crippen LogP contribution in [0.1, 0.15) is 49.3 Å². The monoisotopic (exact) mass is 616 g/mol. The number of urea groups is 2. The second-order valence-electron chi connectivity index (χ2n) is 11.4. The quantitative estimate of drug-likeness (QED) is 0.404. The predicted octanol–water partition coefficient (Wildman–Crippen LogP) is 3.86. The molecule has 10 nitrogen and oxygen atoms in total. The Kier molecular flexibility index (Phi) is 9.28. The summed E-state index contributed by atoms with van der Waals surface area (Å²) in [6.45, 7) is 0.959. The van der Waals surface area contributed by atoms with Crippen molar-refractivity contribution in [3.05, 3.63) is 82.3 Å². The number of amides is 4. The largest absolute Gasteiger partial charge is 0.466 e. The van der Waals surface area contributed by atoms with Gasteiger partial charge in [0.1, 0.15) is 11.9 Å². The minimum atomic E-state index is -1.42. The highest BCUT2D eigenvalue weighted by Crippen LogP contribution is 2.40. The van der Waals surface area contributed by atoms with Crippen LogP contribution >= 0.6 is 0 Å². The number of nitrogens with one attached hydrogen (secondary N) is 2. The molecule has 1 saturated heterocycles. The second kappa shape index (κ2) is 13.0. The summed E-state index contributed by atoms with van der Waals surface area (Å²) >= 11 is 0. The van der Waals surface area contributed by atoms with E-state index in [9.17, 15) is 32.7 Å². The van der Waals surface area contributed by atoms with Crippen molar-refractivity contribution in [1.82, 2.24) is 20.4 Å². The van der Waals surface area contributed by atoms with Gasteiger partial charge in [0, 0.05) is 32.3 Å². The van der Waals surface area contributed by atoms with E-state index >= 15 is 0 Å². The summed E-state index contributed by atoms with van der Waals surface area (Å²) in [5.74, 6) is -3.58. The molecule has 13 heteroatoms. The second-order valence-corrected chi connectivity index (χ2v) is 11.4. The number of aliphatic hydroxyl groups is 1. The molecule has 5 rings (SSSR count). The topological polar surface area (TPSA) is 120 Å². The predicted molar refractivity (Wildman–Crippen MR) is 151 cm³/mol. The molecular formula is C31H35F3N4O6. The third-order valence-electron chi connectivity index (χ3n) is 8.73. The lowest BCUT2D eigenvalue weighted by Gasteiger charge is -2.40. The van der Waals surface area contributed by atoms with Gasteiger partial charge in [-0.3, -0.25) is 4.90 Å². The molecule has 3 N–H and O–H groups in total. The zero-order valence-electron chi connectivity index (χ0n) is 24.4. The summed E-state index contributed by atoms with van der Waals surface area (Å²) in [6, 6.07) is 5.50. The fourth-order valence-electron chi connectivity index (χ4n) is 6.45. The van der Waals surface area contributed by atoms with E-state index in [0.717, 1.165) is 24.1 Å². The van der Waals surface area contributed by atoms with Crippen LogP contribution in [0.4, 0.5) is 22.8 Å². The molecule has 2 heterocycles. The summed E-state index contributed by atoms with van der Waals surface area (Å²) in [5.41, 5.74) is -0.465. The van der Waals surface area contributed by atoms with E-state index in [4.69, 9.17) is 9.47 Å². The summed E-state index contributed by atoms with van der Waals surface area (Å²) in [6.07, 6.45) is 3.01. The van der Waals surface area contributed by atoms with Crippen LogP contribution in [0.2, 0.25) is 0 Å². The van der Waals surface area contributed by atoms with E-state index in [1.807, 2.05) is 0 Å². The van der Waals surface area contributed by atoms with Crippen LogP contribution in [0.5, 0.6) is 0 Å². The number of nitrogens with zero attached hydrogens (tertiary/aromatic N) is 2. The molecule has 1 saturated carbocycles. The van der Waals surface area contributed by atoms with Gasteiger partial charge in [-0.15, -0.1) is 0 Å². The van der Waals surface area contributed by atoms with Crippen LogP contribution in [0, 0.1) is 17.5 Å². The molecule has 3 aliphatic rings. The third kappa shape index (κ3) is 6.30. The van der Waals surface area contributed by atoms with Crippen molar-refractivity contribution in [2.24, 2.45) is 0 Å². The molecule has 1 aliphatic carbocycles. The highest BCUT2D eigenvalue weighted by Gasteiger charge is 2.44. The minimum Gasteiger partial charge on any atom is -0.466 e. The molecule has 44 heavy (non-hydrogen) atoms. The van der Waals surface area contributed by atoms with Crippen molar-refractivity contribution < 1.29 is 42.1 Å². The Labute approximate surface area is 252 Å². The Morgan fingerprint density at radius 2 is 1.75 bits per heavy atom. The van der Waals surface area contributed by atoms with Crippen LogP contribution in [-0.2, 0) is 19.9 Å². The number of halogens is 3. The van der Waals surface area contributed by atoms with Gasteiger partial charge in [0.2, 0.25) is 0 Å². The van der Waals surface area contributed by atoms with Crippen molar-refractivity contribution >= 4 is 18.0 Å². The lowest BCUT2D eigenvalue weighted by Crippen LogP contribution is -2.57. The molecule has 2 aromatic carbocycles. The van der Waals surface area contributed by atoms with Gasteiger partial charge in [-0.05, 0) is 67.5 Å². The summed E-state index contributed by atoms with van der Waals surface area (Å²) in [4.78, 5) is 42.9. The van der Waals surface area contributed by atoms with E-state index in [1.54, 1.807) is 12.1 Å². The van der Waals surface area contributed by atoms with Crippen LogP contribution in [0.15, 0.2) is 53.7 Å². The maximum Gasteiger partial charge on any atom is 0.338 e.